The molecule has 1 atom stereocenters. The molecule has 1 rings (SSSR count). The summed E-state index contributed by atoms with van der Waals surface area (Å²) in [6, 6.07) is 3.10. The first-order chi connectivity index (χ1) is 9.00. The Labute approximate surface area is 112 Å². The van der Waals surface area contributed by atoms with Gasteiger partial charge < -0.3 is 15.2 Å². The normalized spacial score (nSPS) is 14.2. The van der Waals surface area contributed by atoms with Gasteiger partial charge in [-0.05, 0) is 32.0 Å². The SMILES string of the molecule is CCCNC(C)(CO)CCOc1cc(F)ccc1F. The van der Waals surface area contributed by atoms with E-state index in [9.17, 15) is 13.9 Å². The fraction of sp³-hybridized carbons (Fsp3) is 0.571. The molecule has 5 heteroatoms. The van der Waals surface area contributed by atoms with Crippen LogP contribution in [0.3, 0.4) is 0 Å². The molecule has 0 aliphatic heterocycles. The molecule has 19 heavy (non-hydrogen) atoms. The first-order valence-corrected chi connectivity index (χ1v) is 6.44. The van der Waals surface area contributed by atoms with Crippen LogP contribution < -0.4 is 10.1 Å². The summed E-state index contributed by atoms with van der Waals surface area (Å²) in [5.74, 6) is -1.23. The van der Waals surface area contributed by atoms with Crippen LogP contribution in [0.15, 0.2) is 18.2 Å². The third-order valence-corrected chi connectivity index (χ3v) is 2.96. The fourth-order valence-corrected chi connectivity index (χ4v) is 1.62. The van der Waals surface area contributed by atoms with Crippen molar-refractivity contribution < 1.29 is 18.6 Å². The molecule has 1 unspecified atom stereocenters. The molecule has 0 spiro atoms. The summed E-state index contributed by atoms with van der Waals surface area (Å²) in [6.07, 6.45) is 1.45. The summed E-state index contributed by atoms with van der Waals surface area (Å²) in [6.45, 7) is 4.85. The van der Waals surface area contributed by atoms with Crippen molar-refractivity contribution in [3.05, 3.63) is 29.8 Å². The van der Waals surface area contributed by atoms with Crippen LogP contribution in [0.2, 0.25) is 0 Å². The molecule has 0 heterocycles. The zero-order valence-electron chi connectivity index (χ0n) is 11.4. The van der Waals surface area contributed by atoms with Crippen LogP contribution in [0, 0.1) is 11.6 Å². The highest BCUT2D eigenvalue weighted by Gasteiger charge is 2.22. The lowest BCUT2D eigenvalue weighted by atomic mass is 9.99. The molecule has 0 aliphatic carbocycles. The van der Waals surface area contributed by atoms with Gasteiger partial charge >= 0.3 is 0 Å². The molecule has 108 valence electrons. The number of halogens is 2. The molecule has 2 N–H and O–H groups in total. The van der Waals surface area contributed by atoms with E-state index in [0.717, 1.165) is 31.2 Å². The first-order valence-electron chi connectivity index (χ1n) is 6.44. The second-order valence-corrected chi connectivity index (χ2v) is 4.82. The van der Waals surface area contributed by atoms with Gasteiger partial charge in [0.2, 0.25) is 0 Å². The highest BCUT2D eigenvalue weighted by Crippen LogP contribution is 2.19. The van der Waals surface area contributed by atoms with Crippen molar-refractivity contribution in [2.75, 3.05) is 19.8 Å². The molecule has 0 saturated heterocycles. The zero-order chi connectivity index (χ0) is 14.3. The topological polar surface area (TPSA) is 41.5 Å². The average molecular weight is 273 g/mol. The smallest absolute Gasteiger partial charge is 0.165 e. The van der Waals surface area contributed by atoms with E-state index in [2.05, 4.69) is 5.32 Å². The molecule has 0 radical (unpaired) electrons. The lowest BCUT2D eigenvalue weighted by Crippen LogP contribution is -2.47. The molecule has 0 aliphatic rings. The molecule has 0 bridgehead atoms. The van der Waals surface area contributed by atoms with Crippen LogP contribution in [0.25, 0.3) is 0 Å². The maximum Gasteiger partial charge on any atom is 0.165 e. The fourth-order valence-electron chi connectivity index (χ4n) is 1.62. The molecular weight excluding hydrogens is 252 g/mol. The van der Waals surface area contributed by atoms with E-state index < -0.39 is 17.2 Å². The summed E-state index contributed by atoms with van der Waals surface area (Å²) in [5.41, 5.74) is -0.472. The van der Waals surface area contributed by atoms with E-state index in [1.54, 1.807) is 0 Å². The number of nitrogens with one attached hydrogen (secondary N) is 1. The van der Waals surface area contributed by atoms with Gasteiger partial charge in [-0.15, -0.1) is 0 Å². The summed E-state index contributed by atoms with van der Waals surface area (Å²) in [7, 11) is 0. The predicted octanol–water partition coefficient (Wildman–Crippen LogP) is 2.48. The Morgan fingerprint density at radius 3 is 2.74 bits per heavy atom. The van der Waals surface area contributed by atoms with Crippen molar-refractivity contribution >= 4 is 0 Å². The van der Waals surface area contributed by atoms with Crippen LogP contribution in [0.1, 0.15) is 26.7 Å². The van der Waals surface area contributed by atoms with Gasteiger partial charge in [0.05, 0.1) is 13.2 Å². The van der Waals surface area contributed by atoms with Crippen LogP contribution in [-0.2, 0) is 0 Å². The van der Waals surface area contributed by atoms with Crippen LogP contribution >= 0.6 is 0 Å². The molecule has 0 fully saturated rings. The van der Waals surface area contributed by atoms with Gasteiger partial charge in [0.25, 0.3) is 0 Å². The predicted molar refractivity (Wildman–Crippen MR) is 70.3 cm³/mol. The highest BCUT2D eigenvalue weighted by atomic mass is 19.1. The number of hydrogen-bond acceptors (Lipinski definition) is 3. The molecule has 1 aromatic rings. The van der Waals surface area contributed by atoms with Crippen molar-refractivity contribution in [2.45, 2.75) is 32.2 Å². The van der Waals surface area contributed by atoms with E-state index in [4.69, 9.17) is 4.74 Å². The van der Waals surface area contributed by atoms with Gasteiger partial charge in [0, 0.05) is 18.0 Å². The number of benzene rings is 1. The first kappa shape index (κ1) is 15.9. The van der Waals surface area contributed by atoms with E-state index in [-0.39, 0.29) is 19.0 Å². The summed E-state index contributed by atoms with van der Waals surface area (Å²) >= 11 is 0. The van der Waals surface area contributed by atoms with Gasteiger partial charge in [-0.1, -0.05) is 6.92 Å². The Kier molecular flexibility index (Phi) is 6.18. The van der Waals surface area contributed by atoms with Crippen LogP contribution in [0.4, 0.5) is 8.78 Å². The monoisotopic (exact) mass is 273 g/mol. The minimum atomic E-state index is -0.589. The Bertz CT molecular complexity index is 401. The largest absolute Gasteiger partial charge is 0.490 e. The highest BCUT2D eigenvalue weighted by molar-refractivity contribution is 5.24. The van der Waals surface area contributed by atoms with Gasteiger partial charge in [-0.3, -0.25) is 0 Å². The maximum absolute atomic E-state index is 13.3. The van der Waals surface area contributed by atoms with Crippen LogP contribution in [0.5, 0.6) is 5.75 Å². The number of rotatable bonds is 8. The average Bonchev–Trinajstić information content (AvgIpc) is 2.40. The number of aliphatic hydroxyl groups excluding tert-OH is 1. The molecule has 3 nitrogen and oxygen atoms in total. The second kappa shape index (κ2) is 7.40. The second-order valence-electron chi connectivity index (χ2n) is 4.82. The third kappa shape index (κ3) is 5.12. The third-order valence-electron chi connectivity index (χ3n) is 2.96. The lowest BCUT2D eigenvalue weighted by Gasteiger charge is -2.28. The van der Waals surface area contributed by atoms with Crippen LogP contribution in [-0.4, -0.2) is 30.4 Å². The Morgan fingerprint density at radius 2 is 2.11 bits per heavy atom. The Hall–Kier alpha value is -1.20. The van der Waals surface area contributed by atoms with Crippen molar-refractivity contribution in [1.82, 2.24) is 5.32 Å². The van der Waals surface area contributed by atoms with Gasteiger partial charge in [0.15, 0.2) is 11.6 Å². The number of aliphatic hydroxyl groups is 1. The summed E-state index contributed by atoms with van der Waals surface area (Å²) in [4.78, 5) is 0. The van der Waals surface area contributed by atoms with E-state index >= 15 is 0 Å². The Balaban J connectivity index is 2.50. The van der Waals surface area contributed by atoms with E-state index in [1.165, 1.54) is 0 Å². The van der Waals surface area contributed by atoms with E-state index in [1.807, 2.05) is 13.8 Å². The summed E-state index contributed by atoms with van der Waals surface area (Å²) < 4.78 is 31.5. The molecule has 0 saturated carbocycles. The molecular formula is C14H21F2NO2. The Morgan fingerprint density at radius 1 is 1.37 bits per heavy atom. The standard InChI is InChI=1S/C14H21F2NO2/c1-3-7-17-14(2,10-18)6-8-19-13-9-11(15)4-5-12(13)16/h4-5,9,17-18H,3,6-8,10H2,1-2H3. The van der Waals surface area contributed by atoms with E-state index in [0.29, 0.717) is 6.42 Å². The molecule has 0 aromatic heterocycles. The van der Waals surface area contributed by atoms with Gasteiger partial charge in [-0.2, -0.15) is 0 Å². The zero-order valence-corrected chi connectivity index (χ0v) is 11.4. The minimum Gasteiger partial charge on any atom is -0.490 e. The molecule has 1 aromatic carbocycles. The van der Waals surface area contributed by atoms with Gasteiger partial charge in [-0.25, -0.2) is 8.78 Å². The van der Waals surface area contributed by atoms with Gasteiger partial charge in [0.1, 0.15) is 5.82 Å². The van der Waals surface area contributed by atoms with Crippen molar-refractivity contribution in [3.8, 4) is 5.75 Å². The quantitative estimate of drug-likeness (QED) is 0.764. The van der Waals surface area contributed by atoms with Crippen molar-refractivity contribution in [2.24, 2.45) is 0 Å². The van der Waals surface area contributed by atoms with Crippen molar-refractivity contribution in [1.29, 1.82) is 0 Å². The van der Waals surface area contributed by atoms with Crippen molar-refractivity contribution in [3.63, 3.8) is 0 Å². The minimum absolute atomic E-state index is 0.0397. The maximum atomic E-state index is 13.3. The lowest BCUT2D eigenvalue weighted by molar-refractivity contribution is 0.143. The molecule has 0 amide bonds. The number of ether oxygens (including phenoxy) is 1. The summed E-state index contributed by atoms with van der Waals surface area (Å²) in [5, 5.41) is 12.6. The number of hydrogen-bond donors (Lipinski definition) is 2.